The maximum atomic E-state index is 14.6. The summed E-state index contributed by atoms with van der Waals surface area (Å²) in [6.07, 6.45) is -2.60. The monoisotopic (exact) mass is 517 g/mol. The molecule has 2 N–H and O–H groups in total. The van der Waals surface area contributed by atoms with E-state index in [1.165, 1.54) is 23.2 Å². The van der Waals surface area contributed by atoms with Gasteiger partial charge in [0.05, 0.1) is 40.1 Å². The van der Waals surface area contributed by atoms with Crippen LogP contribution in [0.1, 0.15) is 45.8 Å². The Morgan fingerprint density at radius 1 is 1.17 bits per heavy atom. The van der Waals surface area contributed by atoms with Gasteiger partial charge in [0.1, 0.15) is 11.6 Å². The van der Waals surface area contributed by atoms with Crippen LogP contribution in [0.5, 0.6) is 0 Å². The van der Waals surface area contributed by atoms with E-state index in [-0.39, 0.29) is 28.5 Å². The summed E-state index contributed by atoms with van der Waals surface area (Å²) in [7, 11) is 0. The fraction of sp³-hybridized carbons (Fsp3) is 0.200. The van der Waals surface area contributed by atoms with Crippen LogP contribution in [0.15, 0.2) is 54.9 Å². The summed E-state index contributed by atoms with van der Waals surface area (Å²) in [5.41, 5.74) is 6.42. The average Bonchev–Trinajstić information content (AvgIpc) is 2.82. The molecule has 1 aromatic carbocycles. The first-order valence-corrected chi connectivity index (χ1v) is 11.1. The van der Waals surface area contributed by atoms with Crippen LogP contribution in [0.3, 0.4) is 0 Å². The molecule has 0 saturated carbocycles. The van der Waals surface area contributed by atoms with Crippen LogP contribution >= 0.6 is 11.6 Å². The van der Waals surface area contributed by atoms with Crippen molar-refractivity contribution < 1.29 is 22.4 Å². The average molecular weight is 518 g/mol. The first-order chi connectivity index (χ1) is 17.0. The van der Waals surface area contributed by atoms with Crippen molar-refractivity contribution in [2.75, 3.05) is 5.73 Å². The van der Waals surface area contributed by atoms with Crippen molar-refractivity contribution in [3.8, 4) is 0 Å². The third kappa shape index (κ3) is 5.08. The van der Waals surface area contributed by atoms with E-state index < -0.39 is 29.5 Å². The number of hydrogen-bond donors (Lipinski definition) is 1. The zero-order chi connectivity index (χ0) is 26.2. The van der Waals surface area contributed by atoms with Crippen molar-refractivity contribution in [2.45, 2.75) is 32.6 Å². The van der Waals surface area contributed by atoms with Gasteiger partial charge in [-0.05, 0) is 61.9 Å². The molecule has 3 aromatic heterocycles. The molecule has 11 heteroatoms. The maximum absolute atomic E-state index is 14.6. The molecule has 3 heterocycles. The molecule has 1 atom stereocenters. The molecule has 4 aromatic rings. The molecule has 4 rings (SSSR count). The summed E-state index contributed by atoms with van der Waals surface area (Å²) in [6.45, 7) is 3.06. The Morgan fingerprint density at radius 3 is 2.58 bits per heavy atom. The summed E-state index contributed by atoms with van der Waals surface area (Å²) >= 11 is 6.11. The van der Waals surface area contributed by atoms with Crippen molar-refractivity contribution in [3.63, 3.8) is 0 Å². The van der Waals surface area contributed by atoms with Crippen LogP contribution in [-0.2, 0) is 12.7 Å². The summed E-state index contributed by atoms with van der Waals surface area (Å²) in [4.78, 5) is 27.1. The molecular weight excluding hydrogens is 498 g/mol. The van der Waals surface area contributed by atoms with Crippen LogP contribution in [0, 0.1) is 12.7 Å². The van der Waals surface area contributed by atoms with Crippen LogP contribution in [0.25, 0.3) is 10.9 Å². The Labute approximate surface area is 208 Å². The topological polar surface area (TPSA) is 85.0 Å². The first-order valence-electron chi connectivity index (χ1n) is 10.8. The lowest BCUT2D eigenvalue weighted by molar-refractivity contribution is -0.137. The van der Waals surface area contributed by atoms with E-state index in [1.807, 2.05) is 0 Å². The Balaban J connectivity index is 1.77. The van der Waals surface area contributed by atoms with Crippen molar-refractivity contribution in [1.29, 1.82) is 0 Å². The number of nitrogens with zero attached hydrogens (tertiary/aromatic N) is 4. The molecule has 6 nitrogen and oxygen atoms in total. The number of nitrogens with two attached hydrogens (primary N) is 1. The number of carbonyl (C=O) groups is 1. The molecule has 0 fully saturated rings. The fourth-order valence-electron chi connectivity index (χ4n) is 3.73. The van der Waals surface area contributed by atoms with Gasteiger partial charge in [-0.15, -0.1) is 0 Å². The number of nitrogen functional groups attached to an aromatic ring is 1. The van der Waals surface area contributed by atoms with Gasteiger partial charge in [-0.25, -0.2) is 9.37 Å². The third-order valence-electron chi connectivity index (χ3n) is 5.77. The van der Waals surface area contributed by atoms with Gasteiger partial charge in [0, 0.05) is 23.3 Å². The second kappa shape index (κ2) is 9.69. The first kappa shape index (κ1) is 25.3. The number of rotatable bonds is 5. The Hall–Kier alpha value is -3.79. The largest absolute Gasteiger partial charge is 0.417 e. The minimum atomic E-state index is -4.63. The van der Waals surface area contributed by atoms with Crippen LogP contribution < -0.4 is 5.73 Å². The van der Waals surface area contributed by atoms with Crippen molar-refractivity contribution in [1.82, 2.24) is 19.9 Å². The SMILES string of the molecule is Cc1cc2cc(C(=O)N(Cc3ncc(C(F)(F)F)cc3Cl)C(C)c3ncccc3F)ccc2nc1N. The number of aryl methyl sites for hydroxylation is 1. The molecule has 0 aliphatic rings. The lowest BCUT2D eigenvalue weighted by Crippen LogP contribution is -2.34. The number of carbonyl (C=O) groups excluding carboxylic acids is 1. The molecule has 1 amide bonds. The van der Waals surface area contributed by atoms with Gasteiger partial charge in [0.2, 0.25) is 0 Å². The molecule has 0 radical (unpaired) electrons. The highest BCUT2D eigenvalue weighted by Gasteiger charge is 2.32. The smallest absolute Gasteiger partial charge is 0.383 e. The number of hydrogen-bond acceptors (Lipinski definition) is 5. The van der Waals surface area contributed by atoms with E-state index in [0.717, 1.165) is 11.6 Å². The molecular formula is C25H20ClF4N5O. The second-order valence-corrected chi connectivity index (χ2v) is 8.63. The normalized spacial score (nSPS) is 12.5. The van der Waals surface area contributed by atoms with Crippen LogP contribution in [0.4, 0.5) is 23.4 Å². The van der Waals surface area contributed by atoms with Gasteiger partial charge in [-0.1, -0.05) is 11.6 Å². The van der Waals surface area contributed by atoms with Gasteiger partial charge in [0.15, 0.2) is 0 Å². The quantitative estimate of drug-likeness (QED) is 0.322. The summed E-state index contributed by atoms with van der Waals surface area (Å²) in [6, 6.07) is 9.04. The lowest BCUT2D eigenvalue weighted by atomic mass is 10.1. The minimum absolute atomic E-state index is 0.0139. The van der Waals surface area contributed by atoms with Crippen LogP contribution in [0.2, 0.25) is 5.02 Å². The van der Waals surface area contributed by atoms with Gasteiger partial charge in [0.25, 0.3) is 5.91 Å². The summed E-state index contributed by atoms with van der Waals surface area (Å²) in [5.74, 6) is -0.796. The lowest BCUT2D eigenvalue weighted by Gasteiger charge is -2.29. The number of benzene rings is 1. The Morgan fingerprint density at radius 2 is 1.92 bits per heavy atom. The maximum Gasteiger partial charge on any atom is 0.417 e. The molecule has 186 valence electrons. The molecule has 0 aliphatic heterocycles. The predicted molar refractivity (Wildman–Crippen MR) is 128 cm³/mol. The van der Waals surface area contributed by atoms with Gasteiger partial charge >= 0.3 is 6.18 Å². The molecule has 0 saturated heterocycles. The standard InChI is InChI=1S/C25H20ClF4N5O/c1-13-8-16-9-15(5-6-20(16)34-23(13)31)24(36)35(14(2)22-19(27)4-3-7-32-22)12-21-18(26)10-17(11-33-21)25(28,29)30/h3-11,14H,12H2,1-2H3,(H2,31,34). The van der Waals surface area contributed by atoms with E-state index in [9.17, 15) is 22.4 Å². The number of halogens is 5. The van der Waals surface area contributed by atoms with E-state index >= 15 is 0 Å². The van der Waals surface area contributed by atoms with E-state index in [4.69, 9.17) is 17.3 Å². The Bertz CT molecular complexity index is 1460. The minimum Gasteiger partial charge on any atom is -0.383 e. The highest BCUT2D eigenvalue weighted by atomic mass is 35.5. The number of amides is 1. The van der Waals surface area contributed by atoms with Gasteiger partial charge in [-0.2, -0.15) is 13.2 Å². The Kier molecular flexibility index (Phi) is 6.81. The number of anilines is 1. The van der Waals surface area contributed by atoms with E-state index in [1.54, 1.807) is 38.1 Å². The molecule has 0 bridgehead atoms. The zero-order valence-electron chi connectivity index (χ0n) is 19.1. The fourth-order valence-corrected chi connectivity index (χ4v) is 3.96. The van der Waals surface area contributed by atoms with Gasteiger partial charge < -0.3 is 10.6 Å². The highest BCUT2D eigenvalue weighted by Crippen LogP contribution is 2.33. The van der Waals surface area contributed by atoms with Gasteiger partial charge in [-0.3, -0.25) is 14.8 Å². The van der Waals surface area contributed by atoms with E-state index in [2.05, 4.69) is 15.0 Å². The summed E-state index contributed by atoms with van der Waals surface area (Å²) < 4.78 is 53.8. The van der Waals surface area contributed by atoms with E-state index in [0.29, 0.717) is 22.9 Å². The molecule has 0 aliphatic carbocycles. The molecule has 0 spiro atoms. The number of fused-ring (bicyclic) bond motifs is 1. The predicted octanol–water partition coefficient (Wildman–Crippen LogP) is 6.13. The number of alkyl halides is 3. The van der Waals surface area contributed by atoms with Crippen molar-refractivity contribution >= 4 is 34.2 Å². The van der Waals surface area contributed by atoms with Crippen molar-refractivity contribution in [3.05, 3.63) is 93.8 Å². The summed E-state index contributed by atoms with van der Waals surface area (Å²) in [5, 5.41) is 0.389. The third-order valence-corrected chi connectivity index (χ3v) is 6.09. The molecule has 1 unspecified atom stereocenters. The molecule has 36 heavy (non-hydrogen) atoms. The zero-order valence-corrected chi connectivity index (χ0v) is 19.9. The number of pyridine rings is 3. The number of aromatic nitrogens is 3. The van der Waals surface area contributed by atoms with Crippen LogP contribution in [-0.4, -0.2) is 25.8 Å². The highest BCUT2D eigenvalue weighted by molar-refractivity contribution is 6.31. The van der Waals surface area contributed by atoms with Crippen molar-refractivity contribution in [2.24, 2.45) is 0 Å². The second-order valence-electron chi connectivity index (χ2n) is 8.23.